The first-order chi connectivity index (χ1) is 5.64. The van der Waals surface area contributed by atoms with E-state index < -0.39 is 0 Å². The van der Waals surface area contributed by atoms with Gasteiger partial charge in [0, 0.05) is 4.90 Å². The van der Waals surface area contributed by atoms with E-state index in [1.165, 1.54) is 0 Å². The van der Waals surface area contributed by atoms with Gasteiger partial charge in [-0.05, 0) is 26.0 Å². The van der Waals surface area contributed by atoms with E-state index in [0.29, 0.717) is 0 Å². The number of rotatable bonds is 2. The Labute approximate surface area is 77.4 Å². The highest BCUT2D eigenvalue weighted by atomic mass is 32.2. The Morgan fingerprint density at radius 2 is 1.83 bits per heavy atom. The Morgan fingerprint density at radius 3 is 2.33 bits per heavy atom. The van der Waals surface area contributed by atoms with Crippen LogP contribution in [0.1, 0.15) is 13.8 Å². The standard InChI is InChI=1S/C10H11NS/c1-10(2,8-11)12-9-6-4-3-5-7-9/h3-7H,1-2H3. The van der Waals surface area contributed by atoms with Crippen molar-refractivity contribution in [3.8, 4) is 6.07 Å². The van der Waals surface area contributed by atoms with Crippen LogP contribution in [0.2, 0.25) is 0 Å². The van der Waals surface area contributed by atoms with Gasteiger partial charge in [-0.1, -0.05) is 18.2 Å². The molecule has 0 aliphatic heterocycles. The van der Waals surface area contributed by atoms with Crippen LogP contribution in [0.3, 0.4) is 0 Å². The highest BCUT2D eigenvalue weighted by molar-refractivity contribution is 8.00. The molecule has 1 aromatic rings. The second-order valence-electron chi connectivity index (χ2n) is 3.04. The van der Waals surface area contributed by atoms with Gasteiger partial charge in [0.15, 0.2) is 0 Å². The summed E-state index contributed by atoms with van der Waals surface area (Å²) in [6, 6.07) is 12.2. The molecule has 0 aliphatic carbocycles. The quantitative estimate of drug-likeness (QED) is 0.648. The molecule has 0 aromatic heterocycles. The van der Waals surface area contributed by atoms with Crippen molar-refractivity contribution in [2.45, 2.75) is 23.5 Å². The zero-order valence-electron chi connectivity index (χ0n) is 7.24. The van der Waals surface area contributed by atoms with Crippen LogP contribution in [0.4, 0.5) is 0 Å². The normalized spacial score (nSPS) is 10.8. The molecule has 0 heterocycles. The molecule has 0 atom stereocenters. The Bertz CT molecular complexity index is 284. The van der Waals surface area contributed by atoms with E-state index in [4.69, 9.17) is 5.26 Å². The van der Waals surface area contributed by atoms with Crippen molar-refractivity contribution in [3.63, 3.8) is 0 Å². The van der Waals surface area contributed by atoms with Gasteiger partial charge in [0.25, 0.3) is 0 Å². The SMILES string of the molecule is CC(C)(C#N)Sc1ccccc1. The Kier molecular flexibility index (Phi) is 2.78. The molecule has 12 heavy (non-hydrogen) atoms. The summed E-state index contributed by atoms with van der Waals surface area (Å²) < 4.78 is -0.332. The van der Waals surface area contributed by atoms with E-state index in [1.54, 1.807) is 11.8 Å². The van der Waals surface area contributed by atoms with Crippen molar-refractivity contribution in [1.82, 2.24) is 0 Å². The fraction of sp³-hybridized carbons (Fsp3) is 0.300. The van der Waals surface area contributed by atoms with Crippen molar-refractivity contribution in [1.29, 1.82) is 5.26 Å². The van der Waals surface area contributed by atoms with Crippen LogP contribution >= 0.6 is 11.8 Å². The summed E-state index contributed by atoms with van der Waals surface area (Å²) in [5, 5.41) is 8.78. The van der Waals surface area contributed by atoms with Crippen LogP contribution in [0.25, 0.3) is 0 Å². The van der Waals surface area contributed by atoms with E-state index in [2.05, 4.69) is 6.07 Å². The molecule has 0 spiro atoms. The molecule has 0 unspecified atom stereocenters. The lowest BCUT2D eigenvalue weighted by atomic mass is 10.2. The Morgan fingerprint density at radius 1 is 1.25 bits per heavy atom. The smallest absolute Gasteiger partial charge is 0.101 e. The number of hydrogen-bond donors (Lipinski definition) is 0. The molecule has 0 fully saturated rings. The van der Waals surface area contributed by atoms with E-state index in [9.17, 15) is 0 Å². The number of nitrogens with zero attached hydrogens (tertiary/aromatic N) is 1. The first kappa shape index (κ1) is 9.15. The highest BCUT2D eigenvalue weighted by Crippen LogP contribution is 2.31. The van der Waals surface area contributed by atoms with Crippen molar-refractivity contribution in [2.24, 2.45) is 0 Å². The zero-order valence-corrected chi connectivity index (χ0v) is 8.06. The summed E-state index contributed by atoms with van der Waals surface area (Å²) in [7, 11) is 0. The van der Waals surface area contributed by atoms with Gasteiger partial charge < -0.3 is 0 Å². The van der Waals surface area contributed by atoms with Crippen LogP contribution in [0.15, 0.2) is 35.2 Å². The fourth-order valence-electron chi connectivity index (χ4n) is 0.806. The average molecular weight is 177 g/mol. The predicted molar refractivity (Wildman–Crippen MR) is 52.0 cm³/mol. The highest BCUT2D eigenvalue weighted by Gasteiger charge is 2.17. The van der Waals surface area contributed by atoms with E-state index in [1.807, 2.05) is 44.2 Å². The first-order valence-electron chi connectivity index (χ1n) is 3.79. The molecule has 0 saturated heterocycles. The summed E-state index contributed by atoms with van der Waals surface area (Å²) >= 11 is 1.58. The summed E-state index contributed by atoms with van der Waals surface area (Å²) in [6.45, 7) is 3.84. The minimum Gasteiger partial charge on any atom is -0.197 e. The van der Waals surface area contributed by atoms with Crippen molar-refractivity contribution < 1.29 is 0 Å². The minimum absolute atomic E-state index is 0.332. The molecule has 1 aromatic carbocycles. The maximum Gasteiger partial charge on any atom is 0.101 e. The molecule has 0 radical (unpaired) electrons. The van der Waals surface area contributed by atoms with Crippen molar-refractivity contribution >= 4 is 11.8 Å². The molecule has 0 N–H and O–H groups in total. The summed E-state index contributed by atoms with van der Waals surface area (Å²) in [4.78, 5) is 1.14. The lowest BCUT2D eigenvalue weighted by Crippen LogP contribution is -2.09. The van der Waals surface area contributed by atoms with Gasteiger partial charge in [0.1, 0.15) is 4.75 Å². The number of nitriles is 1. The average Bonchev–Trinajstić information content (AvgIpc) is 2.06. The van der Waals surface area contributed by atoms with E-state index in [0.717, 1.165) is 4.90 Å². The number of thioether (sulfide) groups is 1. The van der Waals surface area contributed by atoms with E-state index >= 15 is 0 Å². The third kappa shape index (κ3) is 2.60. The Hall–Kier alpha value is -0.940. The molecule has 0 saturated carbocycles. The van der Waals surface area contributed by atoms with Gasteiger partial charge in [-0.3, -0.25) is 0 Å². The van der Waals surface area contributed by atoms with Crippen LogP contribution < -0.4 is 0 Å². The summed E-state index contributed by atoms with van der Waals surface area (Å²) in [6.07, 6.45) is 0. The van der Waals surface area contributed by atoms with Gasteiger partial charge >= 0.3 is 0 Å². The lowest BCUT2D eigenvalue weighted by Gasteiger charge is -2.13. The van der Waals surface area contributed by atoms with Crippen LogP contribution in [0, 0.1) is 11.3 Å². The first-order valence-corrected chi connectivity index (χ1v) is 4.61. The molecule has 0 aliphatic rings. The molecule has 1 rings (SSSR count). The number of hydrogen-bond acceptors (Lipinski definition) is 2. The largest absolute Gasteiger partial charge is 0.197 e. The van der Waals surface area contributed by atoms with Crippen LogP contribution in [-0.2, 0) is 0 Å². The minimum atomic E-state index is -0.332. The summed E-state index contributed by atoms with van der Waals surface area (Å²) in [5.41, 5.74) is 0. The number of benzene rings is 1. The molecular weight excluding hydrogens is 166 g/mol. The molecule has 62 valence electrons. The molecule has 1 nitrogen and oxygen atoms in total. The van der Waals surface area contributed by atoms with Crippen molar-refractivity contribution in [2.75, 3.05) is 0 Å². The third-order valence-corrected chi connectivity index (χ3v) is 2.49. The molecule has 2 heteroatoms. The second kappa shape index (κ2) is 3.64. The topological polar surface area (TPSA) is 23.8 Å². The zero-order chi connectivity index (χ0) is 9.03. The molecule has 0 bridgehead atoms. The summed E-state index contributed by atoms with van der Waals surface area (Å²) in [5.74, 6) is 0. The predicted octanol–water partition coefficient (Wildman–Crippen LogP) is 3.08. The maximum atomic E-state index is 8.78. The van der Waals surface area contributed by atoms with Crippen molar-refractivity contribution in [3.05, 3.63) is 30.3 Å². The molecular formula is C10H11NS. The lowest BCUT2D eigenvalue weighted by molar-refractivity contribution is 0.913. The van der Waals surface area contributed by atoms with Crippen LogP contribution in [-0.4, -0.2) is 4.75 Å². The van der Waals surface area contributed by atoms with Crippen LogP contribution in [0.5, 0.6) is 0 Å². The van der Waals surface area contributed by atoms with Gasteiger partial charge in [0.2, 0.25) is 0 Å². The Balaban J connectivity index is 2.72. The van der Waals surface area contributed by atoms with Gasteiger partial charge in [0.05, 0.1) is 6.07 Å². The fourth-order valence-corrected chi connectivity index (χ4v) is 1.73. The third-order valence-electron chi connectivity index (χ3n) is 1.39. The van der Waals surface area contributed by atoms with E-state index in [-0.39, 0.29) is 4.75 Å². The van der Waals surface area contributed by atoms with Gasteiger partial charge in [-0.15, -0.1) is 11.8 Å². The van der Waals surface area contributed by atoms with Gasteiger partial charge in [-0.25, -0.2) is 0 Å². The van der Waals surface area contributed by atoms with Gasteiger partial charge in [-0.2, -0.15) is 5.26 Å². The monoisotopic (exact) mass is 177 g/mol. The molecule has 0 amide bonds. The maximum absolute atomic E-state index is 8.78. The second-order valence-corrected chi connectivity index (χ2v) is 4.73.